The van der Waals surface area contributed by atoms with E-state index in [9.17, 15) is 19.2 Å². The second-order valence-electron chi connectivity index (χ2n) is 8.64. The molecule has 8 heteroatoms. The standard InChI is InChI=1S/C25H34N2O6/c1-5-6-12-20(23(33-17(4)28)19-14-22(19)29)26-24(30)21(13-16(2)3)27-25(31)32-15-18-10-8-7-9-11-18/h7-11,14,16,20-21,23H,5-6,12-13,15H2,1-4H3,(H,26,30)(H,27,31)/t20-,21-,23?/m0/s1. The van der Waals surface area contributed by atoms with E-state index in [2.05, 4.69) is 10.6 Å². The second kappa shape index (κ2) is 12.8. The first-order valence-corrected chi connectivity index (χ1v) is 11.4. The van der Waals surface area contributed by atoms with E-state index in [0.717, 1.165) is 18.4 Å². The van der Waals surface area contributed by atoms with E-state index in [0.29, 0.717) is 18.4 Å². The quantitative estimate of drug-likeness (QED) is 0.444. The zero-order valence-corrected chi connectivity index (χ0v) is 19.8. The van der Waals surface area contributed by atoms with Crippen LogP contribution in [0.3, 0.4) is 0 Å². The predicted octanol–water partition coefficient (Wildman–Crippen LogP) is 3.54. The van der Waals surface area contributed by atoms with Gasteiger partial charge in [-0.2, -0.15) is 0 Å². The summed E-state index contributed by atoms with van der Waals surface area (Å²) in [4.78, 5) is 48.9. The number of carbonyl (C=O) groups is 3. The Labute approximate surface area is 194 Å². The molecule has 33 heavy (non-hydrogen) atoms. The van der Waals surface area contributed by atoms with Gasteiger partial charge in [0.25, 0.3) is 0 Å². The van der Waals surface area contributed by atoms with Gasteiger partial charge in [0.1, 0.15) is 12.6 Å². The number of esters is 1. The third kappa shape index (κ3) is 9.08. The average Bonchev–Trinajstić information content (AvgIpc) is 3.49. The Morgan fingerprint density at radius 1 is 1.06 bits per heavy atom. The van der Waals surface area contributed by atoms with Crippen LogP contribution in [0.25, 0.3) is 0 Å². The normalized spacial score (nSPS) is 13.8. The van der Waals surface area contributed by atoms with Gasteiger partial charge in [-0.25, -0.2) is 4.79 Å². The van der Waals surface area contributed by atoms with E-state index in [4.69, 9.17) is 9.47 Å². The van der Waals surface area contributed by atoms with E-state index in [1.54, 1.807) is 0 Å². The summed E-state index contributed by atoms with van der Waals surface area (Å²) in [6, 6.07) is 9.25. The number of unbranched alkanes of at least 4 members (excludes halogenated alkanes) is 1. The van der Waals surface area contributed by atoms with E-state index < -0.39 is 36.2 Å². The van der Waals surface area contributed by atoms with E-state index in [1.807, 2.05) is 51.1 Å². The van der Waals surface area contributed by atoms with Crippen molar-refractivity contribution in [3.8, 4) is 0 Å². The molecule has 0 radical (unpaired) electrons. The lowest BCUT2D eigenvalue weighted by molar-refractivity contribution is -0.149. The van der Waals surface area contributed by atoms with Gasteiger partial charge in [-0.1, -0.05) is 63.9 Å². The van der Waals surface area contributed by atoms with Crippen LogP contribution in [-0.4, -0.2) is 30.1 Å². The second-order valence-corrected chi connectivity index (χ2v) is 8.64. The third-order valence-corrected chi connectivity index (χ3v) is 5.18. The maximum Gasteiger partial charge on any atom is 0.408 e. The summed E-state index contributed by atoms with van der Waals surface area (Å²) in [5.41, 5.74) is 1.05. The molecule has 0 bridgehead atoms. The molecule has 8 nitrogen and oxygen atoms in total. The molecule has 0 aliphatic carbocycles. The molecule has 2 N–H and O–H groups in total. The van der Waals surface area contributed by atoms with E-state index in [-0.39, 0.29) is 18.0 Å². The number of hydrogen-bond donors (Lipinski definition) is 2. The van der Waals surface area contributed by atoms with Crippen molar-refractivity contribution in [1.29, 1.82) is 0 Å². The fourth-order valence-corrected chi connectivity index (χ4v) is 3.49. The number of nitrogens with one attached hydrogen (secondary N) is 2. The Hall–Kier alpha value is -3.16. The molecule has 1 unspecified atom stereocenters. The summed E-state index contributed by atoms with van der Waals surface area (Å²) >= 11 is 0. The van der Waals surface area contributed by atoms with Gasteiger partial charge >= 0.3 is 12.1 Å². The molecule has 2 rings (SSSR count). The van der Waals surface area contributed by atoms with Gasteiger partial charge in [0.2, 0.25) is 5.91 Å². The molecule has 0 heterocycles. The molecule has 0 aliphatic heterocycles. The third-order valence-electron chi connectivity index (χ3n) is 5.18. The first kappa shape index (κ1) is 26.1. The van der Waals surface area contributed by atoms with Gasteiger partial charge in [-0.05, 0) is 30.4 Å². The molecule has 3 atom stereocenters. The number of carbonyl (C=O) groups excluding carboxylic acids is 3. The summed E-state index contributed by atoms with van der Waals surface area (Å²) in [7, 11) is 0. The molecule has 0 spiro atoms. The first-order chi connectivity index (χ1) is 15.7. The van der Waals surface area contributed by atoms with Gasteiger partial charge in [-0.15, -0.1) is 0 Å². The molecular formula is C25H34N2O6. The monoisotopic (exact) mass is 458 g/mol. The summed E-state index contributed by atoms with van der Waals surface area (Å²) in [5, 5.41) is 5.55. The Balaban J connectivity index is 2.08. The zero-order valence-electron chi connectivity index (χ0n) is 19.8. The van der Waals surface area contributed by atoms with Gasteiger partial charge in [-0.3, -0.25) is 14.4 Å². The molecule has 2 aromatic rings. The minimum absolute atomic E-state index is 0.0899. The minimum atomic E-state index is -0.838. The molecule has 180 valence electrons. The van der Waals surface area contributed by atoms with Crippen molar-refractivity contribution in [3.05, 3.63) is 57.7 Å². The fourth-order valence-electron chi connectivity index (χ4n) is 3.49. The Morgan fingerprint density at radius 3 is 2.27 bits per heavy atom. The lowest BCUT2D eigenvalue weighted by Crippen LogP contribution is -2.51. The zero-order chi connectivity index (χ0) is 24.4. The van der Waals surface area contributed by atoms with Crippen LogP contribution in [-0.2, 0) is 25.7 Å². The highest BCUT2D eigenvalue weighted by atomic mass is 16.6. The molecule has 0 saturated carbocycles. The summed E-state index contributed by atoms with van der Waals surface area (Å²) in [6.07, 6.45) is 1.03. The van der Waals surface area contributed by atoms with Crippen molar-refractivity contribution in [2.24, 2.45) is 5.92 Å². The molecule has 0 fully saturated rings. The largest absolute Gasteiger partial charge is 0.455 e. The molecular weight excluding hydrogens is 424 g/mol. The van der Waals surface area contributed by atoms with Crippen LogP contribution in [0.2, 0.25) is 0 Å². The van der Waals surface area contributed by atoms with Crippen molar-refractivity contribution in [2.75, 3.05) is 0 Å². The highest BCUT2D eigenvalue weighted by molar-refractivity contribution is 5.86. The number of ether oxygens (including phenoxy) is 2. The fraction of sp³-hybridized carbons (Fsp3) is 0.520. The smallest absolute Gasteiger partial charge is 0.408 e. The number of alkyl carbamates (subject to hydrolysis) is 1. The Kier molecular flexibility index (Phi) is 10.1. The average molecular weight is 459 g/mol. The number of benzene rings is 1. The number of rotatable bonds is 13. The number of amides is 2. The molecule has 0 aliphatic rings. The number of hydrogen-bond acceptors (Lipinski definition) is 6. The summed E-state index contributed by atoms with van der Waals surface area (Å²) < 4.78 is 10.6. The topological polar surface area (TPSA) is 111 Å². The van der Waals surface area contributed by atoms with Crippen LogP contribution in [0.4, 0.5) is 4.79 Å². The minimum Gasteiger partial charge on any atom is -0.455 e. The van der Waals surface area contributed by atoms with Gasteiger partial charge in [0.05, 0.1) is 6.04 Å². The molecule has 2 aromatic carbocycles. The van der Waals surface area contributed by atoms with Crippen LogP contribution in [0, 0.1) is 5.92 Å². The molecule has 2 amide bonds. The van der Waals surface area contributed by atoms with Crippen LogP contribution in [0.15, 0.2) is 41.2 Å². The van der Waals surface area contributed by atoms with Crippen LogP contribution >= 0.6 is 0 Å². The van der Waals surface area contributed by atoms with E-state index in [1.165, 1.54) is 13.0 Å². The van der Waals surface area contributed by atoms with Crippen LogP contribution < -0.4 is 16.1 Å². The highest BCUT2D eigenvalue weighted by Gasteiger charge is 2.34. The lowest BCUT2D eigenvalue weighted by Gasteiger charge is -2.28. The lowest BCUT2D eigenvalue weighted by atomic mass is 9.99. The van der Waals surface area contributed by atoms with E-state index >= 15 is 0 Å². The van der Waals surface area contributed by atoms with Crippen molar-refractivity contribution >= 4 is 18.0 Å². The van der Waals surface area contributed by atoms with Gasteiger partial charge < -0.3 is 20.1 Å². The van der Waals surface area contributed by atoms with Gasteiger partial charge in [0, 0.05) is 12.5 Å². The Bertz CT molecular complexity index is 917. The first-order valence-electron chi connectivity index (χ1n) is 11.4. The van der Waals surface area contributed by atoms with Crippen LogP contribution in [0.1, 0.15) is 70.6 Å². The van der Waals surface area contributed by atoms with Crippen molar-refractivity contribution in [2.45, 2.75) is 78.2 Å². The van der Waals surface area contributed by atoms with Crippen molar-refractivity contribution < 1.29 is 23.9 Å². The maximum atomic E-state index is 13.2. The van der Waals surface area contributed by atoms with Crippen molar-refractivity contribution in [3.63, 3.8) is 0 Å². The molecule has 0 aromatic heterocycles. The Morgan fingerprint density at radius 2 is 1.73 bits per heavy atom. The maximum absolute atomic E-state index is 13.2. The van der Waals surface area contributed by atoms with Gasteiger partial charge in [0.15, 0.2) is 11.5 Å². The predicted molar refractivity (Wildman–Crippen MR) is 124 cm³/mol. The highest BCUT2D eigenvalue weighted by Crippen LogP contribution is 2.25. The van der Waals surface area contributed by atoms with Crippen LogP contribution in [0.5, 0.6) is 0 Å². The summed E-state index contributed by atoms with van der Waals surface area (Å²) in [5.74, 6) is -0.814. The molecule has 0 saturated heterocycles. The summed E-state index contributed by atoms with van der Waals surface area (Å²) in [6.45, 7) is 7.26. The van der Waals surface area contributed by atoms with Crippen molar-refractivity contribution in [1.82, 2.24) is 10.6 Å². The SMILES string of the molecule is CCCC[C@H](NC(=O)[C@H](CC(C)C)NC(=O)OCc1ccccc1)C(OC(C)=O)c1cc1=O.